The average Bonchev–Trinajstić information content (AvgIpc) is 2.34. The molecule has 0 aromatic heterocycles. The fraction of sp³-hybridized carbons (Fsp3) is 0.400. The lowest BCUT2D eigenvalue weighted by Gasteiger charge is -2.14. The van der Waals surface area contributed by atoms with Gasteiger partial charge >= 0.3 is 6.18 Å². The molecule has 1 rings (SSSR count). The Morgan fingerprint density at radius 1 is 1.45 bits per heavy atom. The molecular formula is C10H10BrF3N2O4. The number of halogens is 4. The summed E-state index contributed by atoms with van der Waals surface area (Å²) in [5, 5.41) is 31.0. The van der Waals surface area contributed by atoms with Gasteiger partial charge in [-0.3, -0.25) is 10.1 Å². The van der Waals surface area contributed by atoms with E-state index in [0.717, 1.165) is 0 Å². The quantitative estimate of drug-likeness (QED) is 0.553. The van der Waals surface area contributed by atoms with Crippen molar-refractivity contribution in [3.05, 3.63) is 32.3 Å². The summed E-state index contributed by atoms with van der Waals surface area (Å²) in [7, 11) is 0. The Bertz CT molecular complexity index is 510. The summed E-state index contributed by atoms with van der Waals surface area (Å²) in [5.74, 6) is 0. The van der Waals surface area contributed by atoms with Crippen molar-refractivity contribution in [2.45, 2.75) is 12.3 Å². The van der Waals surface area contributed by atoms with Crippen LogP contribution in [0.3, 0.4) is 0 Å². The number of hydrogen-bond acceptors (Lipinski definition) is 5. The van der Waals surface area contributed by atoms with Crippen molar-refractivity contribution in [3.63, 3.8) is 0 Å². The number of nitrogens with zero attached hydrogens (tertiary/aromatic N) is 1. The van der Waals surface area contributed by atoms with E-state index in [1.165, 1.54) is 0 Å². The van der Waals surface area contributed by atoms with E-state index in [1.807, 2.05) is 0 Å². The monoisotopic (exact) mass is 358 g/mol. The van der Waals surface area contributed by atoms with Gasteiger partial charge in [0.2, 0.25) is 0 Å². The average molecular weight is 359 g/mol. The molecule has 0 aliphatic carbocycles. The molecule has 1 aromatic carbocycles. The first-order valence-corrected chi connectivity index (χ1v) is 6.04. The van der Waals surface area contributed by atoms with E-state index < -0.39 is 35.1 Å². The highest BCUT2D eigenvalue weighted by Gasteiger charge is 2.34. The molecule has 0 heterocycles. The van der Waals surface area contributed by atoms with Crippen molar-refractivity contribution in [3.8, 4) is 0 Å². The van der Waals surface area contributed by atoms with E-state index in [2.05, 4.69) is 21.2 Å². The maximum absolute atomic E-state index is 12.6. The topological polar surface area (TPSA) is 95.6 Å². The number of anilines is 1. The third kappa shape index (κ3) is 4.05. The van der Waals surface area contributed by atoms with Gasteiger partial charge in [0.25, 0.3) is 5.69 Å². The summed E-state index contributed by atoms with van der Waals surface area (Å²) in [6.07, 6.45) is -5.90. The van der Waals surface area contributed by atoms with Gasteiger partial charge in [-0.25, -0.2) is 0 Å². The van der Waals surface area contributed by atoms with E-state index in [1.54, 1.807) is 0 Å². The molecular weight excluding hydrogens is 349 g/mol. The number of aliphatic hydroxyl groups excluding tert-OH is 2. The Morgan fingerprint density at radius 3 is 2.50 bits per heavy atom. The van der Waals surface area contributed by atoms with Gasteiger partial charge in [0.15, 0.2) is 0 Å². The van der Waals surface area contributed by atoms with Gasteiger partial charge in [-0.1, -0.05) is 0 Å². The summed E-state index contributed by atoms with van der Waals surface area (Å²) >= 11 is 2.82. The molecule has 0 aliphatic heterocycles. The van der Waals surface area contributed by atoms with Crippen molar-refractivity contribution in [1.29, 1.82) is 0 Å². The number of nitro groups is 1. The first-order chi connectivity index (χ1) is 9.16. The number of rotatable bonds is 5. The SMILES string of the molecule is O=[N+]([O-])c1cc(C(F)(F)F)cc(Br)c1NCC(O)CO. The number of alkyl halides is 3. The summed E-state index contributed by atoms with van der Waals surface area (Å²) in [4.78, 5) is 9.87. The maximum Gasteiger partial charge on any atom is 0.416 e. The van der Waals surface area contributed by atoms with Gasteiger partial charge in [-0.2, -0.15) is 13.2 Å². The highest BCUT2D eigenvalue weighted by molar-refractivity contribution is 9.10. The van der Waals surface area contributed by atoms with E-state index in [0.29, 0.717) is 12.1 Å². The van der Waals surface area contributed by atoms with Gasteiger partial charge in [0, 0.05) is 17.1 Å². The molecule has 0 amide bonds. The predicted molar refractivity (Wildman–Crippen MR) is 67.4 cm³/mol. The number of nitrogens with one attached hydrogen (secondary N) is 1. The first kappa shape index (κ1) is 16.7. The Hall–Kier alpha value is -1.39. The van der Waals surface area contributed by atoms with Crippen molar-refractivity contribution >= 4 is 27.3 Å². The lowest BCUT2D eigenvalue weighted by molar-refractivity contribution is -0.384. The molecule has 1 atom stereocenters. The Labute approximate surface area is 119 Å². The van der Waals surface area contributed by atoms with Crippen LogP contribution in [0.25, 0.3) is 0 Å². The Kier molecular flexibility index (Phi) is 5.31. The minimum Gasteiger partial charge on any atom is -0.394 e. The molecule has 0 saturated carbocycles. The molecule has 1 aromatic rings. The highest BCUT2D eigenvalue weighted by atomic mass is 79.9. The molecule has 10 heteroatoms. The number of aliphatic hydroxyl groups is 2. The lowest BCUT2D eigenvalue weighted by Crippen LogP contribution is -2.23. The van der Waals surface area contributed by atoms with E-state index in [4.69, 9.17) is 10.2 Å². The van der Waals surface area contributed by atoms with Gasteiger partial charge in [0.05, 0.1) is 23.2 Å². The molecule has 0 radical (unpaired) electrons. The van der Waals surface area contributed by atoms with Crippen LogP contribution in [0, 0.1) is 10.1 Å². The van der Waals surface area contributed by atoms with E-state index in [9.17, 15) is 23.3 Å². The van der Waals surface area contributed by atoms with Gasteiger partial charge in [0.1, 0.15) is 5.69 Å². The second kappa shape index (κ2) is 6.37. The second-order valence-electron chi connectivity index (χ2n) is 3.82. The third-order valence-electron chi connectivity index (χ3n) is 2.32. The van der Waals surface area contributed by atoms with Crippen molar-refractivity contribution in [2.24, 2.45) is 0 Å². The van der Waals surface area contributed by atoms with Crippen LogP contribution in [-0.4, -0.2) is 34.4 Å². The minimum absolute atomic E-state index is 0.163. The highest BCUT2D eigenvalue weighted by Crippen LogP contribution is 2.39. The van der Waals surface area contributed by atoms with Crippen LogP contribution in [0.5, 0.6) is 0 Å². The van der Waals surface area contributed by atoms with Gasteiger partial charge < -0.3 is 15.5 Å². The number of hydrogen-bond donors (Lipinski definition) is 3. The molecule has 0 bridgehead atoms. The first-order valence-electron chi connectivity index (χ1n) is 5.24. The summed E-state index contributed by atoms with van der Waals surface area (Å²) in [6.45, 7) is -0.833. The summed E-state index contributed by atoms with van der Waals surface area (Å²) in [6, 6.07) is 1.10. The molecule has 3 N–H and O–H groups in total. The number of benzene rings is 1. The zero-order chi connectivity index (χ0) is 15.5. The predicted octanol–water partition coefficient (Wildman–Crippen LogP) is 2.14. The van der Waals surface area contributed by atoms with Crippen LogP contribution < -0.4 is 5.32 Å². The Morgan fingerprint density at radius 2 is 2.05 bits per heavy atom. The fourth-order valence-corrected chi connectivity index (χ4v) is 1.95. The zero-order valence-corrected chi connectivity index (χ0v) is 11.4. The normalized spacial score (nSPS) is 13.1. The minimum atomic E-state index is -4.71. The van der Waals surface area contributed by atoms with Crippen LogP contribution in [0.15, 0.2) is 16.6 Å². The molecule has 20 heavy (non-hydrogen) atoms. The maximum atomic E-state index is 12.6. The van der Waals surface area contributed by atoms with Crippen molar-refractivity contribution < 1.29 is 28.3 Å². The summed E-state index contributed by atoms with van der Waals surface area (Å²) < 4.78 is 37.6. The number of nitro benzene ring substituents is 1. The Balaban J connectivity index is 3.20. The van der Waals surface area contributed by atoms with Gasteiger partial charge in [-0.05, 0) is 22.0 Å². The van der Waals surface area contributed by atoms with Crippen LogP contribution in [0.2, 0.25) is 0 Å². The smallest absolute Gasteiger partial charge is 0.394 e. The van der Waals surface area contributed by atoms with Gasteiger partial charge in [-0.15, -0.1) is 0 Å². The molecule has 0 saturated heterocycles. The molecule has 0 fully saturated rings. The largest absolute Gasteiger partial charge is 0.416 e. The second-order valence-corrected chi connectivity index (χ2v) is 4.68. The summed E-state index contributed by atoms with van der Waals surface area (Å²) in [5.41, 5.74) is -2.14. The fourth-order valence-electron chi connectivity index (χ4n) is 1.36. The van der Waals surface area contributed by atoms with E-state index in [-0.39, 0.29) is 16.7 Å². The van der Waals surface area contributed by atoms with Crippen LogP contribution in [0.1, 0.15) is 5.56 Å². The molecule has 6 nitrogen and oxygen atoms in total. The van der Waals surface area contributed by atoms with Crippen LogP contribution in [0.4, 0.5) is 24.5 Å². The third-order valence-corrected chi connectivity index (χ3v) is 2.94. The zero-order valence-electron chi connectivity index (χ0n) is 9.82. The van der Waals surface area contributed by atoms with Crippen LogP contribution in [-0.2, 0) is 6.18 Å². The lowest BCUT2D eigenvalue weighted by atomic mass is 10.1. The molecule has 112 valence electrons. The molecule has 1 unspecified atom stereocenters. The van der Waals surface area contributed by atoms with Crippen molar-refractivity contribution in [2.75, 3.05) is 18.5 Å². The van der Waals surface area contributed by atoms with E-state index >= 15 is 0 Å². The molecule has 0 spiro atoms. The van der Waals surface area contributed by atoms with Crippen LogP contribution >= 0.6 is 15.9 Å². The standard InChI is InChI=1S/C10H10BrF3N2O4/c11-7-1-5(10(12,13)14)2-8(16(19)20)9(7)15-3-6(18)4-17/h1-2,6,15,17-18H,3-4H2. The van der Waals surface area contributed by atoms with Crippen molar-refractivity contribution in [1.82, 2.24) is 0 Å². The molecule has 0 aliphatic rings.